The van der Waals surface area contributed by atoms with Crippen molar-refractivity contribution >= 4 is 40.9 Å². The first kappa shape index (κ1) is 15.7. The second-order valence-electron chi connectivity index (χ2n) is 3.63. The molecule has 0 heterocycles. The molecule has 1 unspecified atom stereocenters. The van der Waals surface area contributed by atoms with Crippen LogP contribution in [0.25, 0.3) is 0 Å². The number of benzene rings is 1. The third-order valence-corrected chi connectivity index (χ3v) is 3.43. The lowest BCUT2D eigenvalue weighted by atomic mass is 10.3. The Labute approximate surface area is 118 Å². The first-order chi connectivity index (χ1) is 8.90. The van der Waals surface area contributed by atoms with Crippen LogP contribution < -0.4 is 11.1 Å². The van der Waals surface area contributed by atoms with Gasteiger partial charge < -0.3 is 16.2 Å². The van der Waals surface area contributed by atoms with Crippen molar-refractivity contribution in [1.82, 2.24) is 0 Å². The number of carbonyl (C=O) groups is 2. The maximum absolute atomic E-state index is 12.8. The van der Waals surface area contributed by atoms with Gasteiger partial charge in [-0.2, -0.15) is 0 Å². The van der Waals surface area contributed by atoms with E-state index in [1.165, 1.54) is 12.1 Å². The summed E-state index contributed by atoms with van der Waals surface area (Å²) in [4.78, 5) is 22.0. The molecule has 0 saturated carbocycles. The molecule has 4 N–H and O–H groups in total. The molecule has 0 saturated heterocycles. The molecule has 1 amide bonds. The number of nitrogens with one attached hydrogen (secondary N) is 1. The largest absolute Gasteiger partial charge is 0.480 e. The van der Waals surface area contributed by atoms with Crippen molar-refractivity contribution < 1.29 is 19.1 Å². The minimum absolute atomic E-state index is 0.0364. The number of hydrogen-bond donors (Lipinski definition) is 3. The monoisotopic (exact) mass is 306 g/mol. The van der Waals surface area contributed by atoms with E-state index in [1.54, 1.807) is 0 Å². The number of thioether (sulfide) groups is 1. The molecular formula is C11H12ClFN2O3S. The fourth-order valence-electron chi connectivity index (χ4n) is 1.13. The molecule has 8 heteroatoms. The Balaban J connectivity index is 2.41. The summed E-state index contributed by atoms with van der Waals surface area (Å²) in [5.41, 5.74) is 5.58. The molecule has 1 aromatic rings. The standard InChI is InChI=1S/C11H12ClFN2O3S/c12-7-3-6(13)1-2-9(7)15-10(16)5-19-4-8(14)11(17)18/h1-3,8H,4-5,14H2,(H,15,16)(H,17,18). The van der Waals surface area contributed by atoms with Crippen LogP contribution in [0.5, 0.6) is 0 Å². The molecular weight excluding hydrogens is 295 g/mol. The van der Waals surface area contributed by atoms with Crippen LogP contribution in [0.2, 0.25) is 5.02 Å². The predicted molar refractivity (Wildman–Crippen MR) is 73.0 cm³/mol. The summed E-state index contributed by atoms with van der Waals surface area (Å²) in [5, 5.41) is 11.1. The van der Waals surface area contributed by atoms with Crippen molar-refractivity contribution in [3.63, 3.8) is 0 Å². The van der Waals surface area contributed by atoms with Crippen molar-refractivity contribution in [3.05, 3.63) is 29.0 Å². The lowest BCUT2D eigenvalue weighted by Gasteiger charge is -2.08. The zero-order chi connectivity index (χ0) is 14.4. The number of amides is 1. The van der Waals surface area contributed by atoms with Crippen LogP contribution >= 0.6 is 23.4 Å². The van der Waals surface area contributed by atoms with Crippen LogP contribution in [0.15, 0.2) is 18.2 Å². The molecule has 1 atom stereocenters. The average molecular weight is 307 g/mol. The Kier molecular flexibility index (Phi) is 6.07. The number of carboxylic acid groups (broad SMARTS) is 1. The summed E-state index contributed by atoms with van der Waals surface area (Å²) < 4.78 is 12.8. The molecule has 0 fully saturated rings. The number of nitrogens with two attached hydrogens (primary N) is 1. The van der Waals surface area contributed by atoms with Crippen LogP contribution in [0.4, 0.5) is 10.1 Å². The quantitative estimate of drug-likeness (QED) is 0.742. The summed E-state index contributed by atoms with van der Waals surface area (Å²) in [7, 11) is 0. The van der Waals surface area contributed by atoms with E-state index < -0.39 is 17.8 Å². The van der Waals surface area contributed by atoms with Gasteiger partial charge in [-0.25, -0.2) is 4.39 Å². The van der Waals surface area contributed by atoms with E-state index in [2.05, 4.69) is 5.32 Å². The van der Waals surface area contributed by atoms with E-state index in [9.17, 15) is 14.0 Å². The zero-order valence-corrected chi connectivity index (χ0v) is 11.3. The van der Waals surface area contributed by atoms with Gasteiger partial charge >= 0.3 is 5.97 Å². The predicted octanol–water partition coefficient (Wildman–Crippen LogP) is 1.56. The number of carbonyl (C=O) groups excluding carboxylic acids is 1. The number of carboxylic acids is 1. The Morgan fingerprint density at radius 3 is 2.79 bits per heavy atom. The molecule has 0 aliphatic heterocycles. The highest BCUT2D eigenvalue weighted by molar-refractivity contribution is 8.00. The third kappa shape index (κ3) is 5.46. The minimum Gasteiger partial charge on any atom is -0.480 e. The Morgan fingerprint density at radius 1 is 1.53 bits per heavy atom. The third-order valence-electron chi connectivity index (χ3n) is 2.05. The molecule has 0 spiro atoms. The van der Waals surface area contributed by atoms with Gasteiger partial charge in [-0.1, -0.05) is 11.6 Å². The molecule has 0 aromatic heterocycles. The number of anilines is 1. The maximum atomic E-state index is 12.8. The van der Waals surface area contributed by atoms with E-state index in [-0.39, 0.29) is 22.4 Å². The van der Waals surface area contributed by atoms with Crippen LogP contribution in [0, 0.1) is 5.82 Å². The number of aliphatic carboxylic acids is 1. The summed E-state index contributed by atoms with van der Waals surface area (Å²) in [5.74, 6) is -1.82. The van der Waals surface area contributed by atoms with Gasteiger partial charge in [0.1, 0.15) is 11.9 Å². The highest BCUT2D eigenvalue weighted by Gasteiger charge is 2.13. The molecule has 0 radical (unpaired) electrons. The van der Waals surface area contributed by atoms with Gasteiger partial charge in [-0.15, -0.1) is 11.8 Å². The highest BCUT2D eigenvalue weighted by Crippen LogP contribution is 2.22. The fourth-order valence-corrected chi connectivity index (χ4v) is 2.11. The van der Waals surface area contributed by atoms with Gasteiger partial charge in [0.2, 0.25) is 5.91 Å². The molecule has 0 bridgehead atoms. The smallest absolute Gasteiger partial charge is 0.321 e. The van der Waals surface area contributed by atoms with Gasteiger partial charge in [0, 0.05) is 5.75 Å². The van der Waals surface area contributed by atoms with E-state index >= 15 is 0 Å². The van der Waals surface area contributed by atoms with Crippen LogP contribution in [-0.4, -0.2) is 34.5 Å². The van der Waals surface area contributed by atoms with E-state index in [1.807, 2.05) is 0 Å². The lowest BCUT2D eigenvalue weighted by molar-refractivity contribution is -0.137. The molecule has 19 heavy (non-hydrogen) atoms. The molecule has 0 aliphatic rings. The van der Waals surface area contributed by atoms with Crippen molar-refractivity contribution in [2.75, 3.05) is 16.8 Å². The first-order valence-corrected chi connectivity index (χ1v) is 6.74. The molecule has 104 valence electrons. The van der Waals surface area contributed by atoms with E-state index in [0.29, 0.717) is 5.69 Å². The second-order valence-corrected chi connectivity index (χ2v) is 5.07. The Hall–Kier alpha value is -1.31. The molecule has 5 nitrogen and oxygen atoms in total. The number of rotatable bonds is 6. The SMILES string of the molecule is NC(CSCC(=O)Nc1ccc(F)cc1Cl)C(=O)O. The van der Waals surface area contributed by atoms with Gasteiger partial charge in [-0.05, 0) is 18.2 Å². The van der Waals surface area contributed by atoms with Crippen molar-refractivity contribution in [3.8, 4) is 0 Å². The molecule has 1 aromatic carbocycles. The maximum Gasteiger partial charge on any atom is 0.321 e. The van der Waals surface area contributed by atoms with Crippen molar-refractivity contribution in [1.29, 1.82) is 0 Å². The number of halogens is 2. The van der Waals surface area contributed by atoms with E-state index in [4.69, 9.17) is 22.4 Å². The normalized spacial score (nSPS) is 11.9. The average Bonchev–Trinajstić information content (AvgIpc) is 2.32. The summed E-state index contributed by atoms with van der Waals surface area (Å²) in [6, 6.07) is 2.61. The van der Waals surface area contributed by atoms with Crippen molar-refractivity contribution in [2.24, 2.45) is 5.73 Å². The topological polar surface area (TPSA) is 92.4 Å². The Morgan fingerprint density at radius 2 is 2.21 bits per heavy atom. The fraction of sp³-hybridized carbons (Fsp3) is 0.273. The Bertz CT molecular complexity index is 487. The van der Waals surface area contributed by atoms with Crippen LogP contribution in [0.1, 0.15) is 0 Å². The van der Waals surface area contributed by atoms with Crippen LogP contribution in [0.3, 0.4) is 0 Å². The zero-order valence-electron chi connectivity index (χ0n) is 9.73. The highest BCUT2D eigenvalue weighted by atomic mass is 35.5. The first-order valence-electron chi connectivity index (χ1n) is 5.21. The number of hydrogen-bond acceptors (Lipinski definition) is 4. The second kappa shape index (κ2) is 7.32. The van der Waals surface area contributed by atoms with Crippen LogP contribution in [-0.2, 0) is 9.59 Å². The molecule has 0 aliphatic carbocycles. The lowest BCUT2D eigenvalue weighted by Crippen LogP contribution is -2.33. The van der Waals surface area contributed by atoms with Gasteiger partial charge in [0.15, 0.2) is 0 Å². The van der Waals surface area contributed by atoms with Gasteiger partial charge in [0.05, 0.1) is 16.5 Å². The van der Waals surface area contributed by atoms with Gasteiger partial charge in [-0.3, -0.25) is 9.59 Å². The molecule has 1 rings (SSSR count). The summed E-state index contributed by atoms with van der Waals surface area (Å²) in [6.07, 6.45) is 0. The van der Waals surface area contributed by atoms with Gasteiger partial charge in [0.25, 0.3) is 0 Å². The summed E-state index contributed by atoms with van der Waals surface area (Å²) >= 11 is 6.83. The summed E-state index contributed by atoms with van der Waals surface area (Å²) in [6.45, 7) is 0. The van der Waals surface area contributed by atoms with E-state index in [0.717, 1.165) is 17.8 Å². The van der Waals surface area contributed by atoms with Crippen molar-refractivity contribution in [2.45, 2.75) is 6.04 Å². The minimum atomic E-state index is -1.12.